The number of rotatable bonds is 7. The van der Waals surface area contributed by atoms with Gasteiger partial charge in [0.05, 0.1) is 17.2 Å². The maximum atomic E-state index is 13.3. The van der Waals surface area contributed by atoms with E-state index in [-0.39, 0.29) is 29.2 Å². The van der Waals surface area contributed by atoms with Crippen molar-refractivity contribution in [3.63, 3.8) is 0 Å². The monoisotopic (exact) mass is 416 g/mol. The smallest absolute Gasteiger partial charge is 0.305 e. The van der Waals surface area contributed by atoms with Crippen molar-refractivity contribution < 1.29 is 17.9 Å². The van der Waals surface area contributed by atoms with E-state index in [9.17, 15) is 13.2 Å². The minimum absolute atomic E-state index is 0.196. The van der Waals surface area contributed by atoms with Crippen LogP contribution in [0.4, 0.5) is 5.69 Å². The van der Waals surface area contributed by atoms with Gasteiger partial charge in [-0.3, -0.25) is 9.79 Å². The SMILES string of the molecule is CCOC(=O)CCCN(C)S(=O)(=O)c1cccc2c3c(ccc12)N=C(C)C3(C)C. The summed E-state index contributed by atoms with van der Waals surface area (Å²) >= 11 is 0. The number of carbonyl (C=O) groups is 1. The van der Waals surface area contributed by atoms with Gasteiger partial charge in [-0.25, -0.2) is 12.7 Å². The minimum atomic E-state index is -3.70. The number of aliphatic imine (C=N–C) groups is 1. The Balaban J connectivity index is 1.94. The van der Waals surface area contributed by atoms with Gasteiger partial charge in [0.1, 0.15) is 0 Å². The Morgan fingerprint density at radius 1 is 1.17 bits per heavy atom. The predicted octanol–water partition coefficient (Wildman–Crippen LogP) is 4.19. The number of fused-ring (bicyclic) bond motifs is 3. The molecule has 7 heteroatoms. The van der Waals surface area contributed by atoms with Gasteiger partial charge in [-0.05, 0) is 43.4 Å². The largest absolute Gasteiger partial charge is 0.466 e. The molecule has 0 radical (unpaired) electrons. The molecule has 1 heterocycles. The van der Waals surface area contributed by atoms with E-state index in [2.05, 4.69) is 18.8 Å². The molecule has 0 spiro atoms. The second-order valence-corrected chi connectivity index (χ2v) is 9.88. The topological polar surface area (TPSA) is 76.0 Å². The molecule has 0 aliphatic carbocycles. The number of carbonyl (C=O) groups excluding carboxylic acids is 1. The molecule has 1 aliphatic heterocycles. The van der Waals surface area contributed by atoms with Crippen LogP contribution in [0.15, 0.2) is 40.2 Å². The third kappa shape index (κ3) is 3.81. The summed E-state index contributed by atoms with van der Waals surface area (Å²) in [6, 6.07) is 9.12. The number of ether oxygens (including phenoxy) is 1. The Labute approximate surface area is 172 Å². The van der Waals surface area contributed by atoms with E-state index in [1.807, 2.05) is 25.1 Å². The van der Waals surface area contributed by atoms with Crippen molar-refractivity contribution in [3.05, 3.63) is 35.9 Å². The standard InChI is InChI=1S/C22H28N2O4S/c1-6-28-20(25)11-8-14-24(5)29(26,27)19-10-7-9-17-16(19)12-13-18-21(17)22(3,4)15(2)23-18/h7,9-10,12-13H,6,8,11,14H2,1-5H3. The third-order valence-corrected chi connectivity index (χ3v) is 7.58. The summed E-state index contributed by atoms with van der Waals surface area (Å²) in [5.41, 5.74) is 2.74. The summed E-state index contributed by atoms with van der Waals surface area (Å²) in [6.45, 7) is 8.55. The zero-order chi connectivity index (χ0) is 21.4. The number of benzene rings is 2. The van der Waals surface area contributed by atoms with Crippen LogP contribution in [0.3, 0.4) is 0 Å². The highest BCUT2D eigenvalue weighted by atomic mass is 32.2. The highest BCUT2D eigenvalue weighted by Gasteiger charge is 2.35. The zero-order valence-corrected chi connectivity index (χ0v) is 18.5. The third-order valence-electron chi connectivity index (χ3n) is 5.66. The Bertz CT molecular complexity index is 1090. The van der Waals surface area contributed by atoms with E-state index in [4.69, 9.17) is 4.74 Å². The molecule has 6 nitrogen and oxygen atoms in total. The molecule has 2 aromatic rings. The first-order chi connectivity index (χ1) is 13.6. The van der Waals surface area contributed by atoms with E-state index < -0.39 is 10.0 Å². The molecule has 1 aliphatic rings. The van der Waals surface area contributed by atoms with Crippen molar-refractivity contribution in [1.82, 2.24) is 4.31 Å². The molecule has 0 N–H and O–H groups in total. The average Bonchev–Trinajstić information content (AvgIpc) is 2.90. The van der Waals surface area contributed by atoms with Crippen molar-refractivity contribution >= 4 is 38.2 Å². The molecule has 156 valence electrons. The molecule has 0 saturated heterocycles. The maximum Gasteiger partial charge on any atom is 0.305 e. The molecule has 0 bridgehead atoms. The quantitative estimate of drug-likeness (QED) is 0.634. The lowest BCUT2D eigenvalue weighted by Gasteiger charge is -2.23. The second kappa shape index (κ2) is 7.88. The normalized spacial score (nSPS) is 15.4. The minimum Gasteiger partial charge on any atom is -0.466 e. The summed E-state index contributed by atoms with van der Waals surface area (Å²) in [5.74, 6) is -0.309. The predicted molar refractivity (Wildman–Crippen MR) is 115 cm³/mol. The molecule has 0 atom stereocenters. The first-order valence-electron chi connectivity index (χ1n) is 9.84. The van der Waals surface area contributed by atoms with Crippen molar-refractivity contribution in [2.45, 2.75) is 50.8 Å². The van der Waals surface area contributed by atoms with Crippen molar-refractivity contribution in [3.8, 4) is 0 Å². The average molecular weight is 417 g/mol. The van der Waals surface area contributed by atoms with Crippen LogP contribution < -0.4 is 0 Å². The molecular weight excluding hydrogens is 388 g/mol. The lowest BCUT2D eigenvalue weighted by Crippen LogP contribution is -2.28. The molecular formula is C22H28N2O4S. The number of hydrogen-bond acceptors (Lipinski definition) is 5. The Morgan fingerprint density at radius 2 is 1.90 bits per heavy atom. The molecule has 0 aromatic heterocycles. The Hall–Kier alpha value is -2.25. The van der Waals surface area contributed by atoms with Crippen LogP contribution in [-0.2, 0) is 25.0 Å². The van der Waals surface area contributed by atoms with E-state index >= 15 is 0 Å². The van der Waals surface area contributed by atoms with E-state index in [0.29, 0.717) is 18.4 Å². The van der Waals surface area contributed by atoms with Crippen LogP contribution in [0.2, 0.25) is 0 Å². The van der Waals surface area contributed by atoms with Gasteiger partial charge in [0.25, 0.3) is 0 Å². The fourth-order valence-corrected chi connectivity index (χ4v) is 5.17. The maximum absolute atomic E-state index is 13.3. The summed E-state index contributed by atoms with van der Waals surface area (Å²) in [6.07, 6.45) is 0.607. The molecule has 29 heavy (non-hydrogen) atoms. The van der Waals surface area contributed by atoms with E-state index in [0.717, 1.165) is 22.3 Å². The molecule has 0 amide bonds. The highest BCUT2D eigenvalue weighted by Crippen LogP contribution is 2.45. The van der Waals surface area contributed by atoms with Crippen molar-refractivity contribution in [2.24, 2.45) is 4.99 Å². The number of hydrogen-bond donors (Lipinski definition) is 0. The first-order valence-corrected chi connectivity index (χ1v) is 11.3. The summed E-state index contributed by atoms with van der Waals surface area (Å²) in [5, 5.41) is 1.61. The number of sulfonamides is 1. The van der Waals surface area contributed by atoms with Crippen molar-refractivity contribution in [2.75, 3.05) is 20.2 Å². The van der Waals surface area contributed by atoms with Gasteiger partial charge in [0.15, 0.2) is 0 Å². The molecule has 0 saturated carbocycles. The molecule has 3 rings (SSSR count). The highest BCUT2D eigenvalue weighted by molar-refractivity contribution is 7.89. The lowest BCUT2D eigenvalue weighted by molar-refractivity contribution is -0.143. The second-order valence-electron chi connectivity index (χ2n) is 7.87. The van der Waals surface area contributed by atoms with E-state index in [1.54, 1.807) is 26.1 Å². The molecule has 0 unspecified atom stereocenters. The summed E-state index contributed by atoms with van der Waals surface area (Å²) in [4.78, 5) is 16.5. The zero-order valence-electron chi connectivity index (χ0n) is 17.7. The van der Waals surface area contributed by atoms with Crippen LogP contribution in [0, 0.1) is 0 Å². The first kappa shape index (κ1) is 21.5. The van der Waals surface area contributed by atoms with Gasteiger partial charge >= 0.3 is 5.97 Å². The van der Waals surface area contributed by atoms with Gasteiger partial charge in [-0.1, -0.05) is 32.0 Å². The van der Waals surface area contributed by atoms with Crippen LogP contribution in [0.1, 0.15) is 46.1 Å². The fourth-order valence-electron chi connectivity index (χ4n) is 3.76. The van der Waals surface area contributed by atoms with Gasteiger partial charge in [0, 0.05) is 36.5 Å². The van der Waals surface area contributed by atoms with E-state index in [1.165, 1.54) is 4.31 Å². The van der Waals surface area contributed by atoms with Crippen LogP contribution in [0.5, 0.6) is 0 Å². The number of esters is 1. The summed E-state index contributed by atoms with van der Waals surface area (Å²) in [7, 11) is -2.15. The van der Waals surface area contributed by atoms with Crippen LogP contribution in [0.25, 0.3) is 10.8 Å². The molecule has 2 aromatic carbocycles. The Kier molecular flexibility index (Phi) is 5.83. The van der Waals surface area contributed by atoms with Gasteiger partial charge in [-0.15, -0.1) is 0 Å². The van der Waals surface area contributed by atoms with Crippen LogP contribution in [-0.4, -0.2) is 44.6 Å². The lowest BCUT2D eigenvalue weighted by atomic mass is 9.80. The Morgan fingerprint density at radius 3 is 2.59 bits per heavy atom. The van der Waals surface area contributed by atoms with Gasteiger partial charge < -0.3 is 4.74 Å². The summed E-state index contributed by atoms with van der Waals surface area (Å²) < 4.78 is 32.7. The fraction of sp³-hybridized carbons (Fsp3) is 0.455. The van der Waals surface area contributed by atoms with Crippen LogP contribution >= 0.6 is 0 Å². The van der Waals surface area contributed by atoms with Gasteiger partial charge in [0.2, 0.25) is 10.0 Å². The van der Waals surface area contributed by atoms with Crippen molar-refractivity contribution in [1.29, 1.82) is 0 Å². The molecule has 0 fully saturated rings. The number of nitrogens with zero attached hydrogens (tertiary/aromatic N) is 2. The van der Waals surface area contributed by atoms with Gasteiger partial charge in [-0.2, -0.15) is 0 Å².